The Bertz CT molecular complexity index is 455. The predicted molar refractivity (Wildman–Crippen MR) is 48.7 cm³/mol. The molecule has 1 N–H and O–H groups in total. The first kappa shape index (κ1) is 12.6. The second kappa shape index (κ2) is 4.56. The van der Waals surface area contributed by atoms with Gasteiger partial charge in [0.2, 0.25) is 0 Å². The van der Waals surface area contributed by atoms with Crippen LogP contribution in [-0.2, 0) is 5.88 Å². The lowest BCUT2D eigenvalue weighted by atomic mass is 10.2. The number of pyridine rings is 1. The molecule has 0 atom stereocenters. The van der Waals surface area contributed by atoms with Gasteiger partial charge in [0, 0.05) is 11.3 Å². The molecule has 0 spiro atoms. The Morgan fingerprint density at radius 2 is 2.12 bits per heavy atom. The van der Waals surface area contributed by atoms with Gasteiger partial charge < -0.3 is 9.72 Å². The van der Waals surface area contributed by atoms with E-state index in [4.69, 9.17) is 11.6 Å². The van der Waals surface area contributed by atoms with Crippen molar-refractivity contribution in [2.24, 2.45) is 0 Å². The van der Waals surface area contributed by atoms with Crippen LogP contribution in [0, 0.1) is 0 Å². The Morgan fingerprint density at radius 1 is 1.50 bits per heavy atom. The zero-order chi connectivity index (χ0) is 12.3. The second-order valence-corrected chi connectivity index (χ2v) is 2.96. The number of rotatable bonds is 3. The molecule has 1 heterocycles. The van der Waals surface area contributed by atoms with Crippen LogP contribution in [0.3, 0.4) is 0 Å². The number of H-pyrrole nitrogens is 1. The summed E-state index contributed by atoms with van der Waals surface area (Å²) in [7, 11) is 0. The summed E-state index contributed by atoms with van der Waals surface area (Å²) < 4.78 is 39.0. The average Bonchev–Trinajstić information content (AvgIpc) is 2.18. The molecular formula is C8H5ClF3NO3. The first-order valence-electron chi connectivity index (χ1n) is 3.90. The van der Waals surface area contributed by atoms with Crippen LogP contribution in [0.4, 0.5) is 13.2 Å². The van der Waals surface area contributed by atoms with Crippen LogP contribution in [-0.4, -0.2) is 17.6 Å². The minimum absolute atomic E-state index is 0.0381. The molecule has 1 rings (SSSR count). The van der Waals surface area contributed by atoms with Gasteiger partial charge in [0.15, 0.2) is 12.0 Å². The van der Waals surface area contributed by atoms with Crippen molar-refractivity contribution in [3.63, 3.8) is 0 Å². The topological polar surface area (TPSA) is 59.2 Å². The van der Waals surface area contributed by atoms with E-state index in [1.807, 2.05) is 4.98 Å². The van der Waals surface area contributed by atoms with Crippen LogP contribution in [0.2, 0.25) is 0 Å². The fourth-order valence-corrected chi connectivity index (χ4v) is 1.20. The van der Waals surface area contributed by atoms with Crippen molar-refractivity contribution in [1.29, 1.82) is 0 Å². The number of carbonyl (C=O) groups is 1. The van der Waals surface area contributed by atoms with Crippen LogP contribution in [0.5, 0.6) is 5.75 Å². The highest BCUT2D eigenvalue weighted by atomic mass is 35.5. The van der Waals surface area contributed by atoms with Gasteiger partial charge in [-0.1, -0.05) is 0 Å². The van der Waals surface area contributed by atoms with Crippen molar-refractivity contribution >= 4 is 17.9 Å². The zero-order valence-electron chi connectivity index (χ0n) is 7.60. The zero-order valence-corrected chi connectivity index (χ0v) is 8.35. The molecule has 8 heteroatoms. The van der Waals surface area contributed by atoms with E-state index in [0.717, 1.165) is 0 Å². The third-order valence-electron chi connectivity index (χ3n) is 1.61. The summed E-state index contributed by atoms with van der Waals surface area (Å²) in [4.78, 5) is 23.6. The lowest BCUT2D eigenvalue weighted by Crippen LogP contribution is -2.23. The smallest absolute Gasteiger partial charge is 0.400 e. The van der Waals surface area contributed by atoms with Crippen molar-refractivity contribution in [2.45, 2.75) is 12.2 Å². The third kappa shape index (κ3) is 2.99. The first-order chi connectivity index (χ1) is 7.37. The maximum atomic E-state index is 11.9. The normalized spacial score (nSPS) is 11.2. The number of aromatic amines is 1. The summed E-state index contributed by atoms with van der Waals surface area (Å²) >= 11 is 5.38. The second-order valence-electron chi connectivity index (χ2n) is 2.70. The number of aldehydes is 1. The van der Waals surface area contributed by atoms with Crippen LogP contribution >= 0.6 is 11.6 Å². The molecule has 0 aliphatic carbocycles. The number of hydrogen-bond acceptors (Lipinski definition) is 3. The third-order valence-corrected chi connectivity index (χ3v) is 1.88. The van der Waals surface area contributed by atoms with Crippen molar-refractivity contribution in [1.82, 2.24) is 4.98 Å². The maximum absolute atomic E-state index is 11.9. The van der Waals surface area contributed by atoms with Gasteiger partial charge in [-0.2, -0.15) is 0 Å². The molecule has 16 heavy (non-hydrogen) atoms. The molecule has 4 nitrogen and oxygen atoms in total. The van der Waals surface area contributed by atoms with Crippen molar-refractivity contribution < 1.29 is 22.7 Å². The molecule has 0 saturated heterocycles. The van der Waals surface area contributed by atoms with Gasteiger partial charge in [-0.05, 0) is 6.07 Å². The van der Waals surface area contributed by atoms with E-state index in [2.05, 4.69) is 4.74 Å². The number of ether oxygens (including phenoxy) is 1. The summed E-state index contributed by atoms with van der Waals surface area (Å²) in [6, 6.07) is 0.692. The van der Waals surface area contributed by atoms with E-state index in [-0.39, 0.29) is 23.4 Å². The van der Waals surface area contributed by atoms with Gasteiger partial charge in [-0.15, -0.1) is 24.8 Å². The lowest BCUT2D eigenvalue weighted by Gasteiger charge is -2.09. The Labute approximate surface area is 92.0 Å². The standard InChI is InChI=1S/C8H5ClF3NO3/c9-2-5-4(3-14)1-6(7(15)13-5)16-8(10,11)12/h1,3H,2H2,(H,13,15). The molecule has 88 valence electrons. The molecule has 0 amide bonds. The molecule has 0 aliphatic rings. The fraction of sp³-hybridized carbons (Fsp3) is 0.250. The predicted octanol–water partition coefficient (Wildman–Crippen LogP) is 1.82. The highest BCUT2D eigenvalue weighted by Crippen LogP contribution is 2.20. The van der Waals surface area contributed by atoms with Gasteiger partial charge in [-0.3, -0.25) is 9.59 Å². The Kier molecular flexibility index (Phi) is 3.58. The molecule has 0 aromatic carbocycles. The lowest BCUT2D eigenvalue weighted by molar-refractivity contribution is -0.275. The number of carbonyl (C=O) groups excluding carboxylic acids is 1. The molecule has 0 aliphatic heterocycles. The number of nitrogens with one attached hydrogen (secondary N) is 1. The highest BCUT2D eigenvalue weighted by Gasteiger charge is 2.32. The average molecular weight is 256 g/mol. The highest BCUT2D eigenvalue weighted by molar-refractivity contribution is 6.17. The van der Waals surface area contributed by atoms with Gasteiger partial charge in [0.05, 0.1) is 5.88 Å². The van der Waals surface area contributed by atoms with Gasteiger partial charge in [0.25, 0.3) is 5.56 Å². The Balaban J connectivity index is 3.22. The van der Waals surface area contributed by atoms with E-state index < -0.39 is 17.7 Å². The number of alkyl halides is 4. The van der Waals surface area contributed by atoms with E-state index in [1.165, 1.54) is 0 Å². The quantitative estimate of drug-likeness (QED) is 0.662. The summed E-state index contributed by atoms with van der Waals surface area (Å²) in [5.74, 6) is -1.20. The maximum Gasteiger partial charge on any atom is 0.573 e. The number of hydrogen-bond donors (Lipinski definition) is 1. The molecular weight excluding hydrogens is 251 g/mol. The molecule has 0 bridgehead atoms. The number of halogens is 4. The Hall–Kier alpha value is -1.50. The van der Waals surface area contributed by atoms with Crippen molar-refractivity contribution in [3.8, 4) is 5.75 Å². The van der Waals surface area contributed by atoms with Gasteiger partial charge in [-0.25, -0.2) is 0 Å². The largest absolute Gasteiger partial charge is 0.573 e. The number of aromatic nitrogens is 1. The summed E-state index contributed by atoms with van der Waals surface area (Å²) in [6.45, 7) is 0. The van der Waals surface area contributed by atoms with Crippen molar-refractivity contribution in [3.05, 3.63) is 27.7 Å². The molecule has 0 fully saturated rings. The fourth-order valence-electron chi connectivity index (χ4n) is 0.981. The van der Waals surface area contributed by atoms with E-state index in [0.29, 0.717) is 6.07 Å². The minimum Gasteiger partial charge on any atom is -0.400 e. The summed E-state index contributed by atoms with van der Waals surface area (Å²) in [5.41, 5.74) is -1.22. The molecule has 0 unspecified atom stereocenters. The Morgan fingerprint density at radius 3 is 2.56 bits per heavy atom. The minimum atomic E-state index is -4.99. The van der Waals surface area contributed by atoms with Gasteiger partial charge in [0.1, 0.15) is 0 Å². The van der Waals surface area contributed by atoms with Crippen LogP contribution < -0.4 is 10.3 Å². The SMILES string of the molecule is O=Cc1cc(OC(F)(F)F)c(=O)[nH]c1CCl. The molecule has 1 aromatic rings. The van der Waals surface area contributed by atoms with Crippen LogP contribution in [0.25, 0.3) is 0 Å². The molecule has 0 saturated carbocycles. The van der Waals surface area contributed by atoms with Crippen LogP contribution in [0.1, 0.15) is 16.1 Å². The first-order valence-corrected chi connectivity index (χ1v) is 4.44. The summed E-state index contributed by atoms with van der Waals surface area (Å²) in [5, 5.41) is 0. The van der Waals surface area contributed by atoms with Gasteiger partial charge >= 0.3 is 6.36 Å². The van der Waals surface area contributed by atoms with Crippen LogP contribution in [0.15, 0.2) is 10.9 Å². The summed E-state index contributed by atoms with van der Waals surface area (Å²) in [6.07, 6.45) is -4.72. The van der Waals surface area contributed by atoms with E-state index in [9.17, 15) is 22.8 Å². The van der Waals surface area contributed by atoms with E-state index in [1.54, 1.807) is 0 Å². The molecule has 0 radical (unpaired) electrons. The van der Waals surface area contributed by atoms with E-state index >= 15 is 0 Å². The molecule has 1 aromatic heterocycles. The monoisotopic (exact) mass is 255 g/mol. The van der Waals surface area contributed by atoms with Crippen molar-refractivity contribution in [2.75, 3.05) is 0 Å².